The fourth-order valence-corrected chi connectivity index (χ4v) is 8.00. The molecule has 3 fully saturated rings. The van der Waals surface area contributed by atoms with E-state index in [0.717, 1.165) is 13.8 Å². The van der Waals surface area contributed by atoms with E-state index in [9.17, 15) is 39.6 Å². The fraction of sp³-hybridized carbons (Fsp3) is 0.613. The van der Waals surface area contributed by atoms with Crippen LogP contribution in [0.3, 0.4) is 0 Å². The van der Waals surface area contributed by atoms with Gasteiger partial charge in [0, 0.05) is 32.1 Å². The SMILES string of the molecule is CC(=O)O[C@@H]1C(=O)[C@]2(CO)C(C(OC(=O)c3ccccc3)C3(O)CC(O)C(C)=C1C3(C)C)[C@@]1(OC(C)=O)CO[C@H]1C[C@H]2O. The lowest BCUT2D eigenvalue weighted by Gasteiger charge is -2.67. The maximum atomic E-state index is 14.9. The lowest BCUT2D eigenvalue weighted by atomic mass is 9.44. The van der Waals surface area contributed by atoms with Crippen LogP contribution in [0.25, 0.3) is 0 Å². The van der Waals surface area contributed by atoms with Crippen molar-refractivity contribution in [1.29, 1.82) is 0 Å². The molecule has 1 heterocycles. The minimum absolute atomic E-state index is 0.0571. The minimum Gasteiger partial charge on any atom is -0.455 e. The van der Waals surface area contributed by atoms with Crippen molar-refractivity contribution in [1.82, 2.24) is 0 Å². The average Bonchev–Trinajstić information content (AvgIpc) is 2.93. The van der Waals surface area contributed by atoms with Gasteiger partial charge in [-0.3, -0.25) is 14.4 Å². The summed E-state index contributed by atoms with van der Waals surface area (Å²) in [6.45, 7) is 5.56. The highest BCUT2D eigenvalue weighted by Crippen LogP contribution is 2.64. The molecule has 4 aliphatic rings. The van der Waals surface area contributed by atoms with E-state index in [-0.39, 0.29) is 29.7 Å². The molecule has 1 aliphatic heterocycles. The maximum Gasteiger partial charge on any atom is 0.338 e. The van der Waals surface area contributed by atoms with Gasteiger partial charge in [-0.2, -0.15) is 0 Å². The van der Waals surface area contributed by atoms with E-state index in [0.29, 0.717) is 0 Å². The summed E-state index contributed by atoms with van der Waals surface area (Å²) in [5.41, 5.74) is -7.37. The van der Waals surface area contributed by atoms with Crippen molar-refractivity contribution in [3.63, 3.8) is 0 Å². The number of rotatable bonds is 5. The molecule has 0 spiro atoms. The van der Waals surface area contributed by atoms with Gasteiger partial charge in [0.25, 0.3) is 0 Å². The molecule has 4 unspecified atom stereocenters. The third-order valence-electron chi connectivity index (χ3n) is 10.2. The van der Waals surface area contributed by atoms with Crippen LogP contribution in [0.15, 0.2) is 41.5 Å². The summed E-state index contributed by atoms with van der Waals surface area (Å²) >= 11 is 0. The molecule has 0 aromatic heterocycles. The van der Waals surface area contributed by atoms with Crippen LogP contribution in [-0.4, -0.2) is 99.1 Å². The van der Waals surface area contributed by atoms with Crippen LogP contribution < -0.4 is 0 Å². The minimum atomic E-state index is -2.28. The van der Waals surface area contributed by atoms with Gasteiger partial charge in [-0.05, 0) is 30.2 Å². The Morgan fingerprint density at radius 3 is 2.23 bits per heavy atom. The van der Waals surface area contributed by atoms with E-state index >= 15 is 0 Å². The van der Waals surface area contributed by atoms with Crippen LogP contribution in [-0.2, 0) is 33.3 Å². The van der Waals surface area contributed by atoms with Gasteiger partial charge in [0.1, 0.15) is 17.8 Å². The standard InChI is InChI=1S/C31H38O12/c1-15-19(35)12-31(39)26(42-27(38)18-9-7-6-8-10-18)24-29(13-32,20(36)11-21-30(24,14-40-21)43-17(3)34)25(37)23(41-16(2)33)22(15)28(31,4)5/h6-10,19-21,23-24,26,32,35-36,39H,11-14H2,1-5H3/t19?,20-,21+,23+,24?,26?,29+,30-,31?/m1/s1. The van der Waals surface area contributed by atoms with Crippen molar-refractivity contribution in [3.05, 3.63) is 47.0 Å². The highest BCUT2D eigenvalue weighted by molar-refractivity contribution is 5.96. The van der Waals surface area contributed by atoms with E-state index in [1.807, 2.05) is 0 Å². The summed E-state index contributed by atoms with van der Waals surface area (Å²) in [5, 5.41) is 47.0. The van der Waals surface area contributed by atoms with E-state index in [1.54, 1.807) is 32.0 Å². The van der Waals surface area contributed by atoms with Gasteiger partial charge in [-0.15, -0.1) is 0 Å². The van der Waals surface area contributed by atoms with Crippen molar-refractivity contribution in [2.45, 2.75) is 89.2 Å². The lowest BCUT2D eigenvalue weighted by Crippen LogP contribution is -2.83. The van der Waals surface area contributed by atoms with Crippen molar-refractivity contribution < 1.29 is 58.6 Å². The number of hydrogen-bond donors (Lipinski definition) is 4. The van der Waals surface area contributed by atoms with Crippen LogP contribution in [0.1, 0.15) is 57.8 Å². The Morgan fingerprint density at radius 1 is 1.05 bits per heavy atom. The summed E-state index contributed by atoms with van der Waals surface area (Å²) < 4.78 is 23.3. The van der Waals surface area contributed by atoms with Crippen LogP contribution in [0.5, 0.6) is 0 Å². The van der Waals surface area contributed by atoms with Crippen LogP contribution >= 0.6 is 0 Å². The number of ether oxygens (including phenoxy) is 4. The predicted molar refractivity (Wildman–Crippen MR) is 146 cm³/mol. The number of fused-ring (bicyclic) bond motifs is 5. The van der Waals surface area contributed by atoms with Crippen LogP contribution in [0.2, 0.25) is 0 Å². The summed E-state index contributed by atoms with van der Waals surface area (Å²) in [5.74, 6) is -5.09. The van der Waals surface area contributed by atoms with E-state index in [1.165, 1.54) is 19.1 Å². The zero-order chi connectivity index (χ0) is 31.7. The number of ketones is 1. The zero-order valence-corrected chi connectivity index (χ0v) is 24.7. The molecule has 2 bridgehead atoms. The molecule has 4 N–H and O–H groups in total. The first-order chi connectivity index (χ1) is 20.1. The molecule has 12 nitrogen and oxygen atoms in total. The largest absolute Gasteiger partial charge is 0.455 e. The Hall–Kier alpha value is -3.16. The highest BCUT2D eigenvalue weighted by Gasteiger charge is 2.79. The number of benzene rings is 1. The van der Waals surface area contributed by atoms with Gasteiger partial charge < -0.3 is 39.4 Å². The summed E-state index contributed by atoms with van der Waals surface area (Å²) in [6.07, 6.45) is -8.21. The predicted octanol–water partition coefficient (Wildman–Crippen LogP) is 0.625. The number of carbonyl (C=O) groups is 4. The molecule has 1 aromatic rings. The highest BCUT2D eigenvalue weighted by atomic mass is 16.6. The van der Waals surface area contributed by atoms with Crippen molar-refractivity contribution >= 4 is 23.7 Å². The van der Waals surface area contributed by atoms with E-state index < -0.39 is 95.2 Å². The summed E-state index contributed by atoms with van der Waals surface area (Å²) in [4.78, 5) is 53.6. The quantitative estimate of drug-likeness (QED) is 0.210. The molecule has 234 valence electrons. The second-order valence-electron chi connectivity index (χ2n) is 12.7. The first-order valence-electron chi connectivity index (χ1n) is 14.3. The first-order valence-corrected chi connectivity index (χ1v) is 14.3. The average molecular weight is 603 g/mol. The maximum absolute atomic E-state index is 14.9. The Bertz CT molecular complexity index is 1370. The van der Waals surface area contributed by atoms with Gasteiger partial charge in [0.2, 0.25) is 0 Å². The second-order valence-corrected chi connectivity index (χ2v) is 12.7. The Balaban J connectivity index is 1.87. The molecule has 0 amide bonds. The van der Waals surface area contributed by atoms with Gasteiger partial charge in [-0.1, -0.05) is 32.0 Å². The number of hydrogen-bond acceptors (Lipinski definition) is 12. The molecule has 2 saturated carbocycles. The number of aliphatic hydroxyl groups is 4. The first kappa shape index (κ1) is 31.3. The molecule has 43 heavy (non-hydrogen) atoms. The van der Waals surface area contributed by atoms with Crippen LogP contribution in [0, 0.1) is 16.7 Å². The monoisotopic (exact) mass is 602 g/mol. The molecule has 0 radical (unpaired) electrons. The zero-order valence-electron chi connectivity index (χ0n) is 24.7. The molecular formula is C31H38O12. The van der Waals surface area contributed by atoms with Gasteiger partial charge in [0.05, 0.1) is 42.3 Å². The third-order valence-corrected chi connectivity index (χ3v) is 10.2. The van der Waals surface area contributed by atoms with Gasteiger partial charge in [-0.25, -0.2) is 4.79 Å². The molecule has 1 saturated heterocycles. The molecule has 5 rings (SSSR count). The third kappa shape index (κ3) is 4.29. The smallest absolute Gasteiger partial charge is 0.338 e. The van der Waals surface area contributed by atoms with Crippen molar-refractivity contribution in [2.24, 2.45) is 16.7 Å². The Labute approximate surface area is 248 Å². The van der Waals surface area contributed by atoms with E-state index in [2.05, 4.69) is 0 Å². The Kier molecular flexibility index (Phi) is 7.62. The lowest BCUT2D eigenvalue weighted by molar-refractivity contribution is -0.350. The molecule has 9 atom stereocenters. The Morgan fingerprint density at radius 2 is 1.70 bits per heavy atom. The van der Waals surface area contributed by atoms with Crippen LogP contribution in [0.4, 0.5) is 0 Å². The van der Waals surface area contributed by atoms with E-state index in [4.69, 9.17) is 18.9 Å². The number of Topliss-reactive ketones (excluding diaryl/α,β-unsaturated/α-hetero) is 1. The molecule has 1 aromatic carbocycles. The van der Waals surface area contributed by atoms with Gasteiger partial charge in [0.15, 0.2) is 17.5 Å². The summed E-state index contributed by atoms with van der Waals surface area (Å²) in [7, 11) is 0. The number of aliphatic hydroxyl groups excluding tert-OH is 3. The van der Waals surface area contributed by atoms with Crippen molar-refractivity contribution in [3.8, 4) is 0 Å². The number of esters is 3. The normalized spacial score (nSPS) is 39.7. The second kappa shape index (κ2) is 10.5. The molecule has 12 heteroatoms. The molecule has 3 aliphatic carbocycles. The topological polar surface area (TPSA) is 186 Å². The van der Waals surface area contributed by atoms with Crippen molar-refractivity contribution in [2.75, 3.05) is 13.2 Å². The fourth-order valence-electron chi connectivity index (χ4n) is 8.00. The summed E-state index contributed by atoms with van der Waals surface area (Å²) in [6, 6.07) is 7.87. The van der Waals surface area contributed by atoms with Gasteiger partial charge >= 0.3 is 17.9 Å². The molecular weight excluding hydrogens is 564 g/mol. The number of carbonyl (C=O) groups excluding carboxylic acids is 4.